The second-order valence-electron chi connectivity index (χ2n) is 5.06. The van der Waals surface area contributed by atoms with Crippen LogP contribution in [0.3, 0.4) is 0 Å². The Morgan fingerprint density at radius 2 is 2.09 bits per heavy atom. The molecule has 0 aliphatic heterocycles. The number of carbonyl (C=O) groups is 3. The van der Waals surface area contributed by atoms with E-state index in [2.05, 4.69) is 0 Å². The summed E-state index contributed by atoms with van der Waals surface area (Å²) in [6, 6.07) is 4.82. The van der Waals surface area contributed by atoms with Crippen molar-refractivity contribution in [3.63, 3.8) is 0 Å². The quantitative estimate of drug-likeness (QED) is 0.702. The summed E-state index contributed by atoms with van der Waals surface area (Å²) in [5, 5.41) is 30.0. The lowest BCUT2D eigenvalue weighted by atomic mass is 9.70. The third-order valence-corrected chi connectivity index (χ3v) is 3.54. The number of amides is 1. The number of aliphatic hydroxyl groups excluding tert-OH is 1. The Balaban J connectivity index is 2.63. The van der Waals surface area contributed by atoms with Gasteiger partial charge in [-0.3, -0.25) is 14.4 Å². The molecular weight excluding hydrogens is 307 g/mol. The van der Waals surface area contributed by atoms with Gasteiger partial charge < -0.3 is 15.5 Å². The van der Waals surface area contributed by atoms with Gasteiger partial charge in [0, 0.05) is 5.56 Å². The average Bonchev–Trinajstić information content (AvgIpc) is 2.50. The maximum Gasteiger partial charge on any atom is 0.322 e. The van der Waals surface area contributed by atoms with Gasteiger partial charge in [0.1, 0.15) is 29.1 Å². The van der Waals surface area contributed by atoms with Crippen LogP contribution in [0, 0.1) is 17.1 Å². The van der Waals surface area contributed by atoms with Crippen LogP contribution in [0.25, 0.3) is 5.76 Å². The molecule has 1 aliphatic rings. The van der Waals surface area contributed by atoms with E-state index in [1.165, 1.54) is 6.92 Å². The number of ketones is 1. The number of carboxylic acid groups (broad SMARTS) is 1. The summed E-state index contributed by atoms with van der Waals surface area (Å²) in [5.41, 5.74) is -2.69. The van der Waals surface area contributed by atoms with Crippen molar-refractivity contribution in [1.82, 2.24) is 5.32 Å². The Bertz CT molecular complexity index is 809. The molecular formula is C15H11FN2O5. The zero-order chi connectivity index (χ0) is 17.4. The van der Waals surface area contributed by atoms with Gasteiger partial charge in [-0.1, -0.05) is 0 Å². The Hall–Kier alpha value is -3.21. The highest BCUT2D eigenvalue weighted by Crippen LogP contribution is 2.39. The SMILES string of the molecule is C[C@@]1(C#N)C(=O)C(C(=O)NCC(=O)O)=C(O)c2ccc(F)cc21. The van der Waals surface area contributed by atoms with Crippen molar-refractivity contribution in [2.45, 2.75) is 12.3 Å². The number of hydrogen-bond acceptors (Lipinski definition) is 5. The second kappa shape index (κ2) is 5.53. The standard InChI is InChI=1S/C15H11FN2O5/c1-15(6-17)9-4-7(16)2-3-8(9)12(21)11(13(15)22)14(23)18-5-10(19)20/h2-4,21H,5H2,1H3,(H,18,23)(H,19,20)/t15-/m0/s1. The van der Waals surface area contributed by atoms with Crippen molar-refractivity contribution in [2.75, 3.05) is 6.54 Å². The van der Waals surface area contributed by atoms with Gasteiger partial charge in [-0.15, -0.1) is 0 Å². The molecule has 1 aliphatic carbocycles. The number of hydrogen-bond donors (Lipinski definition) is 3. The zero-order valence-corrected chi connectivity index (χ0v) is 11.9. The molecule has 0 radical (unpaired) electrons. The number of nitrogens with one attached hydrogen (secondary N) is 1. The smallest absolute Gasteiger partial charge is 0.322 e. The van der Waals surface area contributed by atoms with Crippen molar-refractivity contribution in [3.05, 3.63) is 40.7 Å². The summed E-state index contributed by atoms with van der Waals surface area (Å²) in [4.78, 5) is 35.0. The fraction of sp³-hybridized carbons (Fsp3) is 0.200. The number of Topliss-reactive ketones (excluding diaryl/α,β-unsaturated/α-hetero) is 1. The van der Waals surface area contributed by atoms with Gasteiger partial charge in [0.15, 0.2) is 5.78 Å². The first-order valence-electron chi connectivity index (χ1n) is 6.42. The first-order valence-corrected chi connectivity index (χ1v) is 6.42. The van der Waals surface area contributed by atoms with Crippen molar-refractivity contribution in [1.29, 1.82) is 5.26 Å². The Kier molecular flexibility index (Phi) is 3.89. The first kappa shape index (κ1) is 16.2. The van der Waals surface area contributed by atoms with E-state index in [1.807, 2.05) is 5.32 Å². The molecule has 1 aromatic carbocycles. The van der Waals surface area contributed by atoms with Gasteiger partial charge in [0.05, 0.1) is 6.07 Å². The predicted octanol–water partition coefficient (Wildman–Crippen LogP) is 0.660. The Morgan fingerprint density at radius 1 is 1.43 bits per heavy atom. The number of nitrogens with zero attached hydrogens (tertiary/aromatic N) is 1. The van der Waals surface area contributed by atoms with Gasteiger partial charge in [-0.2, -0.15) is 5.26 Å². The monoisotopic (exact) mass is 318 g/mol. The summed E-state index contributed by atoms with van der Waals surface area (Å²) in [5.74, 6) is -4.91. The Morgan fingerprint density at radius 3 is 2.65 bits per heavy atom. The van der Waals surface area contributed by atoms with Crippen LogP contribution in [-0.4, -0.2) is 34.4 Å². The summed E-state index contributed by atoms with van der Waals surface area (Å²) in [7, 11) is 0. The molecule has 0 saturated carbocycles. The lowest BCUT2D eigenvalue weighted by Crippen LogP contribution is -2.43. The number of rotatable bonds is 3. The highest BCUT2D eigenvalue weighted by Gasteiger charge is 2.47. The highest BCUT2D eigenvalue weighted by atomic mass is 19.1. The van der Waals surface area contributed by atoms with Crippen LogP contribution in [-0.2, 0) is 19.8 Å². The van der Waals surface area contributed by atoms with Crippen molar-refractivity contribution in [2.24, 2.45) is 0 Å². The predicted molar refractivity (Wildman–Crippen MR) is 74.6 cm³/mol. The third-order valence-electron chi connectivity index (χ3n) is 3.54. The van der Waals surface area contributed by atoms with Crippen LogP contribution in [0.4, 0.5) is 4.39 Å². The van der Waals surface area contributed by atoms with E-state index in [1.54, 1.807) is 6.07 Å². The van der Waals surface area contributed by atoms with Gasteiger partial charge in [-0.05, 0) is 30.7 Å². The number of halogens is 1. The van der Waals surface area contributed by atoms with Gasteiger partial charge in [0.2, 0.25) is 0 Å². The van der Waals surface area contributed by atoms with Crippen molar-refractivity contribution in [3.8, 4) is 6.07 Å². The van der Waals surface area contributed by atoms with E-state index in [9.17, 15) is 29.1 Å². The van der Waals surface area contributed by atoms with E-state index in [0.29, 0.717) is 0 Å². The molecule has 7 nitrogen and oxygen atoms in total. The van der Waals surface area contributed by atoms with E-state index in [0.717, 1.165) is 18.2 Å². The molecule has 2 rings (SSSR count). The van der Waals surface area contributed by atoms with E-state index < -0.39 is 46.8 Å². The average molecular weight is 318 g/mol. The number of aliphatic carboxylic acids is 1. The number of carbonyl (C=O) groups excluding carboxylic acids is 2. The maximum absolute atomic E-state index is 13.4. The summed E-state index contributed by atoms with van der Waals surface area (Å²) in [6.45, 7) is 0.437. The van der Waals surface area contributed by atoms with Crippen LogP contribution >= 0.6 is 0 Å². The molecule has 3 N–H and O–H groups in total. The number of benzene rings is 1. The van der Waals surface area contributed by atoms with E-state index in [4.69, 9.17) is 5.11 Å². The molecule has 0 aromatic heterocycles. The molecule has 0 spiro atoms. The number of fused-ring (bicyclic) bond motifs is 1. The molecule has 8 heteroatoms. The molecule has 0 unspecified atom stereocenters. The molecule has 0 heterocycles. The molecule has 0 bridgehead atoms. The summed E-state index contributed by atoms with van der Waals surface area (Å²) >= 11 is 0. The molecule has 23 heavy (non-hydrogen) atoms. The first-order chi connectivity index (χ1) is 10.7. The van der Waals surface area contributed by atoms with Crippen LogP contribution in [0.1, 0.15) is 18.1 Å². The number of carboxylic acids is 1. The third kappa shape index (κ3) is 2.53. The molecule has 1 amide bonds. The topological polar surface area (TPSA) is 127 Å². The molecule has 0 saturated heterocycles. The van der Waals surface area contributed by atoms with Crippen molar-refractivity contribution < 1.29 is 29.0 Å². The minimum absolute atomic E-state index is 0.0319. The number of nitriles is 1. The lowest BCUT2D eigenvalue weighted by Gasteiger charge is -2.29. The largest absolute Gasteiger partial charge is 0.506 e. The summed E-state index contributed by atoms with van der Waals surface area (Å²) in [6.07, 6.45) is 0. The minimum atomic E-state index is -1.88. The molecule has 1 aromatic rings. The second-order valence-corrected chi connectivity index (χ2v) is 5.06. The molecule has 1 atom stereocenters. The van der Waals surface area contributed by atoms with E-state index in [-0.39, 0.29) is 11.1 Å². The van der Waals surface area contributed by atoms with Crippen LogP contribution in [0.15, 0.2) is 23.8 Å². The fourth-order valence-corrected chi connectivity index (χ4v) is 2.32. The summed E-state index contributed by atoms with van der Waals surface area (Å²) < 4.78 is 13.4. The highest BCUT2D eigenvalue weighted by molar-refractivity contribution is 6.29. The normalized spacial score (nSPS) is 19.8. The maximum atomic E-state index is 13.4. The van der Waals surface area contributed by atoms with Crippen LogP contribution in [0.5, 0.6) is 0 Å². The fourth-order valence-electron chi connectivity index (χ4n) is 2.32. The minimum Gasteiger partial charge on any atom is -0.506 e. The van der Waals surface area contributed by atoms with Gasteiger partial charge in [-0.25, -0.2) is 4.39 Å². The van der Waals surface area contributed by atoms with Gasteiger partial charge in [0.25, 0.3) is 5.91 Å². The molecule has 0 fully saturated rings. The molecule has 118 valence electrons. The van der Waals surface area contributed by atoms with E-state index >= 15 is 0 Å². The zero-order valence-electron chi connectivity index (χ0n) is 11.9. The number of aliphatic hydroxyl groups is 1. The Labute approximate surface area is 129 Å². The van der Waals surface area contributed by atoms with Crippen LogP contribution in [0.2, 0.25) is 0 Å². The lowest BCUT2D eigenvalue weighted by molar-refractivity contribution is -0.137. The van der Waals surface area contributed by atoms with Crippen molar-refractivity contribution >= 4 is 23.4 Å². The van der Waals surface area contributed by atoms with Gasteiger partial charge >= 0.3 is 5.97 Å². The van der Waals surface area contributed by atoms with Crippen LogP contribution < -0.4 is 5.32 Å².